The van der Waals surface area contributed by atoms with E-state index in [2.05, 4.69) is 5.43 Å². The molecule has 2 amide bonds. The average molecular weight is 490 g/mol. The third-order valence-electron chi connectivity index (χ3n) is 3.55. The summed E-state index contributed by atoms with van der Waals surface area (Å²) in [5.41, 5.74) is 3.09. The standard InChI is InChI=1S/C18H11Cl3N2O4S2/c19-11-6-13(21)14(7-12(11)20)27-8-16(25)22-23-17(26)15(29-18(23)28)5-9-1-3-10(24)4-2-9/h1-7,24H,8H2,(H,22,25). The molecule has 1 aliphatic rings. The molecule has 1 aliphatic heterocycles. The van der Waals surface area contributed by atoms with Crippen molar-refractivity contribution in [1.82, 2.24) is 10.4 Å². The number of hydrazine groups is 1. The maximum absolute atomic E-state index is 12.5. The van der Waals surface area contributed by atoms with Gasteiger partial charge in [0.1, 0.15) is 11.5 Å². The van der Waals surface area contributed by atoms with E-state index in [0.717, 1.165) is 16.8 Å². The highest BCUT2D eigenvalue weighted by atomic mass is 35.5. The Hall–Kier alpha value is -1.97. The van der Waals surface area contributed by atoms with Crippen LogP contribution in [0.3, 0.4) is 0 Å². The Bertz CT molecular complexity index is 1030. The van der Waals surface area contributed by atoms with Gasteiger partial charge in [0.25, 0.3) is 11.8 Å². The molecular weight excluding hydrogens is 479 g/mol. The summed E-state index contributed by atoms with van der Waals surface area (Å²) in [5, 5.41) is 11.0. The summed E-state index contributed by atoms with van der Waals surface area (Å²) < 4.78 is 5.50. The number of nitrogens with zero attached hydrogens (tertiary/aromatic N) is 1. The molecular formula is C18H11Cl3N2O4S2. The zero-order valence-electron chi connectivity index (χ0n) is 14.3. The van der Waals surface area contributed by atoms with E-state index in [4.69, 9.17) is 51.8 Å². The summed E-state index contributed by atoms with van der Waals surface area (Å²) in [7, 11) is 0. The zero-order valence-corrected chi connectivity index (χ0v) is 18.2. The van der Waals surface area contributed by atoms with Gasteiger partial charge in [-0.2, -0.15) is 5.01 Å². The van der Waals surface area contributed by atoms with E-state index in [1.165, 1.54) is 24.3 Å². The lowest BCUT2D eigenvalue weighted by atomic mass is 10.2. The van der Waals surface area contributed by atoms with Gasteiger partial charge in [-0.15, -0.1) is 0 Å². The fourth-order valence-corrected chi connectivity index (χ4v) is 3.97. The first-order valence-corrected chi connectivity index (χ1v) is 10.2. The fraction of sp³-hybridized carbons (Fsp3) is 0.0556. The van der Waals surface area contributed by atoms with Crippen LogP contribution < -0.4 is 10.2 Å². The Labute approximate surface area is 190 Å². The van der Waals surface area contributed by atoms with E-state index < -0.39 is 18.4 Å². The van der Waals surface area contributed by atoms with Crippen LogP contribution in [0.15, 0.2) is 41.3 Å². The number of ether oxygens (including phenoxy) is 1. The van der Waals surface area contributed by atoms with Crippen LogP contribution in [0.25, 0.3) is 6.08 Å². The molecule has 0 bridgehead atoms. The second-order valence-corrected chi connectivity index (χ2v) is 8.53. The predicted octanol–water partition coefficient (Wildman–Crippen LogP) is 4.66. The van der Waals surface area contributed by atoms with E-state index in [0.29, 0.717) is 10.5 Å². The van der Waals surface area contributed by atoms with Crippen molar-refractivity contribution in [1.29, 1.82) is 0 Å². The number of phenolic OH excluding ortho intramolecular Hbond substituents is 1. The van der Waals surface area contributed by atoms with Crippen LogP contribution in [0.2, 0.25) is 15.1 Å². The first-order chi connectivity index (χ1) is 13.7. The molecule has 2 N–H and O–H groups in total. The van der Waals surface area contributed by atoms with Gasteiger partial charge in [0.2, 0.25) is 0 Å². The summed E-state index contributed by atoms with van der Waals surface area (Å²) in [6.07, 6.45) is 1.61. The Morgan fingerprint density at radius 3 is 2.52 bits per heavy atom. The molecule has 1 saturated heterocycles. The number of aromatic hydroxyl groups is 1. The van der Waals surface area contributed by atoms with E-state index in [9.17, 15) is 14.7 Å². The minimum absolute atomic E-state index is 0.115. The van der Waals surface area contributed by atoms with Gasteiger partial charge in [0, 0.05) is 6.07 Å². The van der Waals surface area contributed by atoms with Crippen LogP contribution >= 0.6 is 58.8 Å². The van der Waals surface area contributed by atoms with Crippen LogP contribution in [0.1, 0.15) is 5.56 Å². The Morgan fingerprint density at radius 1 is 1.17 bits per heavy atom. The topological polar surface area (TPSA) is 78.9 Å². The number of benzene rings is 2. The largest absolute Gasteiger partial charge is 0.508 e. The normalized spacial score (nSPS) is 15.1. The molecule has 0 atom stereocenters. The molecule has 150 valence electrons. The van der Waals surface area contributed by atoms with E-state index in [1.807, 2.05) is 0 Å². The second kappa shape index (κ2) is 9.23. The predicted molar refractivity (Wildman–Crippen MR) is 118 cm³/mol. The molecule has 2 aromatic carbocycles. The first-order valence-electron chi connectivity index (χ1n) is 7.88. The maximum Gasteiger partial charge on any atom is 0.285 e. The molecule has 11 heteroatoms. The van der Waals surface area contributed by atoms with E-state index in [-0.39, 0.29) is 30.9 Å². The third-order valence-corrected chi connectivity index (χ3v) is 5.87. The van der Waals surface area contributed by atoms with Crippen molar-refractivity contribution in [3.05, 3.63) is 61.9 Å². The molecule has 0 aromatic heterocycles. The quantitative estimate of drug-likeness (QED) is 0.361. The van der Waals surface area contributed by atoms with Crippen LogP contribution in [0, 0.1) is 0 Å². The summed E-state index contributed by atoms with van der Waals surface area (Å²) in [4.78, 5) is 25.0. The second-order valence-electron chi connectivity index (χ2n) is 5.63. The molecule has 0 radical (unpaired) electrons. The van der Waals surface area contributed by atoms with E-state index >= 15 is 0 Å². The van der Waals surface area contributed by atoms with Crippen molar-refractivity contribution in [2.24, 2.45) is 0 Å². The number of thiocarbonyl (C=S) groups is 1. The SMILES string of the molecule is O=C(COc1cc(Cl)c(Cl)cc1Cl)NN1C(=O)C(=Cc2ccc(O)cc2)SC1=S. The van der Waals surface area contributed by atoms with Gasteiger partial charge in [-0.25, -0.2) is 0 Å². The molecule has 0 aliphatic carbocycles. The molecule has 0 spiro atoms. The summed E-state index contributed by atoms with van der Waals surface area (Å²) in [5.74, 6) is -0.804. The number of halogens is 3. The highest BCUT2D eigenvalue weighted by Crippen LogP contribution is 2.34. The number of carbonyl (C=O) groups excluding carboxylic acids is 2. The lowest BCUT2D eigenvalue weighted by Gasteiger charge is -2.16. The van der Waals surface area contributed by atoms with Gasteiger partial charge in [-0.05, 0) is 42.1 Å². The molecule has 1 heterocycles. The minimum Gasteiger partial charge on any atom is -0.508 e. The van der Waals surface area contributed by atoms with Crippen molar-refractivity contribution < 1.29 is 19.4 Å². The number of nitrogens with one attached hydrogen (secondary N) is 1. The summed E-state index contributed by atoms with van der Waals surface area (Å²) >= 11 is 23.9. The Kier molecular flexibility index (Phi) is 6.92. The van der Waals surface area contributed by atoms with Gasteiger partial charge in [-0.1, -0.05) is 58.7 Å². The lowest BCUT2D eigenvalue weighted by molar-refractivity contribution is -0.134. The van der Waals surface area contributed by atoms with Crippen LogP contribution in [0.5, 0.6) is 11.5 Å². The lowest BCUT2D eigenvalue weighted by Crippen LogP contribution is -2.46. The Balaban J connectivity index is 1.63. The van der Waals surface area contributed by atoms with Gasteiger partial charge >= 0.3 is 0 Å². The highest BCUT2D eigenvalue weighted by Gasteiger charge is 2.33. The van der Waals surface area contributed by atoms with Crippen molar-refractivity contribution in [2.75, 3.05) is 6.61 Å². The zero-order chi connectivity index (χ0) is 21.1. The van der Waals surface area contributed by atoms with E-state index in [1.54, 1.807) is 18.2 Å². The minimum atomic E-state index is -0.616. The van der Waals surface area contributed by atoms with Crippen molar-refractivity contribution in [3.63, 3.8) is 0 Å². The fourth-order valence-electron chi connectivity index (χ4n) is 2.20. The number of carbonyl (C=O) groups is 2. The van der Waals surface area contributed by atoms with Gasteiger partial charge in [-0.3, -0.25) is 15.0 Å². The molecule has 0 saturated carbocycles. The number of rotatable bonds is 5. The van der Waals surface area contributed by atoms with Crippen molar-refractivity contribution in [3.8, 4) is 11.5 Å². The molecule has 3 rings (SSSR count). The summed E-state index contributed by atoms with van der Waals surface area (Å²) in [6.45, 7) is -0.425. The van der Waals surface area contributed by atoms with Gasteiger partial charge < -0.3 is 9.84 Å². The van der Waals surface area contributed by atoms with Crippen LogP contribution in [-0.4, -0.2) is 32.9 Å². The van der Waals surface area contributed by atoms with Crippen molar-refractivity contribution >= 4 is 81.0 Å². The van der Waals surface area contributed by atoms with Crippen LogP contribution in [0.4, 0.5) is 0 Å². The number of phenols is 1. The third kappa shape index (κ3) is 5.34. The number of thioether (sulfide) groups is 1. The first kappa shape index (κ1) is 21.7. The van der Waals surface area contributed by atoms with Crippen LogP contribution in [-0.2, 0) is 9.59 Å². The molecule has 2 aromatic rings. The molecule has 29 heavy (non-hydrogen) atoms. The monoisotopic (exact) mass is 488 g/mol. The summed E-state index contributed by atoms with van der Waals surface area (Å²) in [6, 6.07) is 9.08. The highest BCUT2D eigenvalue weighted by molar-refractivity contribution is 8.26. The molecule has 1 fully saturated rings. The smallest absolute Gasteiger partial charge is 0.285 e. The molecule has 0 unspecified atom stereocenters. The number of hydrogen-bond donors (Lipinski definition) is 2. The number of amides is 2. The number of hydrogen-bond acceptors (Lipinski definition) is 6. The average Bonchev–Trinajstić information content (AvgIpc) is 2.93. The maximum atomic E-state index is 12.5. The molecule has 6 nitrogen and oxygen atoms in total. The van der Waals surface area contributed by atoms with Gasteiger partial charge in [0.05, 0.1) is 20.0 Å². The van der Waals surface area contributed by atoms with Gasteiger partial charge in [0.15, 0.2) is 10.9 Å². The van der Waals surface area contributed by atoms with Crippen molar-refractivity contribution in [2.45, 2.75) is 0 Å². The Morgan fingerprint density at radius 2 is 1.83 bits per heavy atom.